The fourth-order valence-corrected chi connectivity index (χ4v) is 2.15. The van der Waals surface area contributed by atoms with E-state index in [9.17, 15) is 18.7 Å². The van der Waals surface area contributed by atoms with E-state index in [1.54, 1.807) is 13.0 Å². The number of rotatable bonds is 4. The lowest BCUT2D eigenvalue weighted by Crippen LogP contribution is -2.40. The van der Waals surface area contributed by atoms with Crippen molar-refractivity contribution in [2.75, 3.05) is 5.32 Å². The molecule has 21 heavy (non-hydrogen) atoms. The molecule has 0 aromatic heterocycles. The third kappa shape index (κ3) is 3.18. The number of hydrogen-bond acceptors (Lipinski definition) is 2. The van der Waals surface area contributed by atoms with E-state index in [-0.39, 0.29) is 5.56 Å². The average Bonchev–Trinajstić information content (AvgIpc) is 2.37. The van der Waals surface area contributed by atoms with Crippen LogP contribution in [0.1, 0.15) is 18.1 Å². The van der Waals surface area contributed by atoms with Crippen LogP contribution in [0.25, 0.3) is 0 Å². The van der Waals surface area contributed by atoms with E-state index in [1.807, 2.05) is 0 Å². The van der Waals surface area contributed by atoms with Crippen LogP contribution in [0.5, 0.6) is 0 Å². The van der Waals surface area contributed by atoms with Crippen LogP contribution < -0.4 is 5.32 Å². The van der Waals surface area contributed by atoms with Crippen molar-refractivity contribution >= 4 is 11.7 Å². The quantitative estimate of drug-likeness (QED) is 0.903. The molecule has 0 saturated heterocycles. The molecule has 3 nitrogen and oxygen atoms in total. The number of benzene rings is 2. The number of anilines is 1. The first-order valence-corrected chi connectivity index (χ1v) is 6.36. The summed E-state index contributed by atoms with van der Waals surface area (Å²) >= 11 is 0. The Morgan fingerprint density at radius 1 is 1.14 bits per heavy atom. The number of aryl methyl sites for hydroxylation is 1. The number of aliphatic carboxylic acids is 1. The van der Waals surface area contributed by atoms with Gasteiger partial charge in [-0.25, -0.2) is 13.6 Å². The summed E-state index contributed by atoms with van der Waals surface area (Å²) in [5, 5.41) is 12.3. The van der Waals surface area contributed by atoms with Gasteiger partial charge in [0.2, 0.25) is 0 Å². The van der Waals surface area contributed by atoms with Crippen LogP contribution in [0, 0.1) is 18.6 Å². The first-order valence-electron chi connectivity index (χ1n) is 6.36. The second kappa shape index (κ2) is 5.52. The molecule has 1 unspecified atom stereocenters. The van der Waals surface area contributed by atoms with E-state index in [2.05, 4.69) is 5.32 Å². The smallest absolute Gasteiger partial charge is 0.333 e. The minimum atomic E-state index is -1.57. The van der Waals surface area contributed by atoms with Gasteiger partial charge < -0.3 is 10.4 Å². The zero-order valence-electron chi connectivity index (χ0n) is 11.7. The van der Waals surface area contributed by atoms with Gasteiger partial charge in [-0.05, 0) is 55.3 Å². The zero-order valence-corrected chi connectivity index (χ0v) is 11.7. The second-order valence-electron chi connectivity index (χ2n) is 5.08. The predicted molar refractivity (Wildman–Crippen MR) is 76.1 cm³/mol. The molecule has 2 rings (SSSR count). The van der Waals surface area contributed by atoms with Crippen molar-refractivity contribution in [3.8, 4) is 0 Å². The molecule has 0 aliphatic heterocycles. The summed E-state index contributed by atoms with van der Waals surface area (Å²) in [4.78, 5) is 11.6. The summed E-state index contributed by atoms with van der Waals surface area (Å²) in [6.45, 7) is 3.11. The summed E-state index contributed by atoms with van der Waals surface area (Å²) in [6, 6.07) is 9.49. The Kier molecular flexibility index (Phi) is 3.93. The number of carboxylic acid groups (broad SMARTS) is 1. The fourth-order valence-electron chi connectivity index (χ4n) is 2.15. The van der Waals surface area contributed by atoms with E-state index in [1.165, 1.54) is 37.3 Å². The van der Waals surface area contributed by atoms with Gasteiger partial charge in [0.1, 0.15) is 11.6 Å². The molecule has 0 saturated carbocycles. The first kappa shape index (κ1) is 15.0. The molecular weight excluding hydrogens is 276 g/mol. The number of carboxylic acids is 1. The SMILES string of the molecule is Cc1cc(F)cc(NC(C)(C(=O)O)c2cccc(F)c2)c1. The average molecular weight is 291 g/mol. The largest absolute Gasteiger partial charge is 0.479 e. The number of halogens is 2. The third-order valence-corrected chi connectivity index (χ3v) is 3.27. The summed E-state index contributed by atoms with van der Waals surface area (Å²) in [6.07, 6.45) is 0. The molecule has 5 heteroatoms. The standard InChI is InChI=1S/C16H15F2NO2/c1-10-6-13(18)9-14(7-10)19-16(2,15(20)21)11-4-3-5-12(17)8-11/h3-9,19H,1-2H3,(H,20,21). The Morgan fingerprint density at radius 2 is 1.86 bits per heavy atom. The summed E-state index contributed by atoms with van der Waals surface area (Å²) in [7, 11) is 0. The van der Waals surface area contributed by atoms with Crippen molar-refractivity contribution in [2.24, 2.45) is 0 Å². The molecule has 2 aromatic rings. The van der Waals surface area contributed by atoms with Crippen LogP contribution in [0.15, 0.2) is 42.5 Å². The molecule has 0 aliphatic carbocycles. The van der Waals surface area contributed by atoms with E-state index >= 15 is 0 Å². The maximum absolute atomic E-state index is 13.4. The molecule has 0 bridgehead atoms. The van der Waals surface area contributed by atoms with E-state index in [0.29, 0.717) is 11.3 Å². The van der Waals surface area contributed by atoms with Crippen LogP contribution in [-0.2, 0) is 10.3 Å². The molecule has 110 valence electrons. The normalized spacial score (nSPS) is 13.5. The van der Waals surface area contributed by atoms with Gasteiger partial charge in [0.25, 0.3) is 0 Å². The lowest BCUT2D eigenvalue weighted by molar-refractivity contribution is -0.142. The highest BCUT2D eigenvalue weighted by Gasteiger charge is 2.35. The zero-order chi connectivity index (χ0) is 15.6. The molecule has 0 spiro atoms. The molecule has 0 amide bonds. The van der Waals surface area contributed by atoms with Crippen molar-refractivity contribution in [2.45, 2.75) is 19.4 Å². The molecule has 0 aliphatic rings. The molecular formula is C16H15F2NO2. The van der Waals surface area contributed by atoms with Gasteiger partial charge in [0.15, 0.2) is 5.54 Å². The maximum atomic E-state index is 13.4. The molecule has 2 aromatic carbocycles. The van der Waals surface area contributed by atoms with Gasteiger partial charge in [-0.15, -0.1) is 0 Å². The lowest BCUT2D eigenvalue weighted by atomic mass is 9.91. The van der Waals surface area contributed by atoms with Crippen molar-refractivity contribution in [1.82, 2.24) is 0 Å². The van der Waals surface area contributed by atoms with Gasteiger partial charge in [0.05, 0.1) is 0 Å². The van der Waals surface area contributed by atoms with Crippen molar-refractivity contribution in [3.63, 3.8) is 0 Å². The van der Waals surface area contributed by atoms with Crippen LogP contribution in [0.4, 0.5) is 14.5 Å². The van der Waals surface area contributed by atoms with Gasteiger partial charge >= 0.3 is 5.97 Å². The van der Waals surface area contributed by atoms with E-state index in [0.717, 1.165) is 6.07 Å². The Morgan fingerprint density at radius 3 is 2.43 bits per heavy atom. The van der Waals surface area contributed by atoms with Gasteiger partial charge in [0, 0.05) is 5.69 Å². The molecule has 0 radical (unpaired) electrons. The van der Waals surface area contributed by atoms with Crippen LogP contribution >= 0.6 is 0 Å². The van der Waals surface area contributed by atoms with E-state index in [4.69, 9.17) is 0 Å². The van der Waals surface area contributed by atoms with Gasteiger partial charge in [-0.3, -0.25) is 0 Å². The Bertz CT molecular complexity index is 667. The van der Waals surface area contributed by atoms with Crippen molar-refractivity contribution < 1.29 is 18.7 Å². The van der Waals surface area contributed by atoms with Crippen LogP contribution in [0.2, 0.25) is 0 Å². The minimum Gasteiger partial charge on any atom is -0.479 e. The van der Waals surface area contributed by atoms with Gasteiger partial charge in [-0.1, -0.05) is 12.1 Å². The number of carbonyl (C=O) groups is 1. The summed E-state index contributed by atoms with van der Waals surface area (Å²) < 4.78 is 26.8. The maximum Gasteiger partial charge on any atom is 0.333 e. The van der Waals surface area contributed by atoms with Crippen LogP contribution in [-0.4, -0.2) is 11.1 Å². The van der Waals surface area contributed by atoms with Crippen molar-refractivity contribution in [1.29, 1.82) is 0 Å². The van der Waals surface area contributed by atoms with E-state index < -0.39 is 23.1 Å². The highest BCUT2D eigenvalue weighted by atomic mass is 19.1. The molecule has 1 atom stereocenters. The predicted octanol–water partition coefficient (Wildman–Crippen LogP) is 3.69. The lowest BCUT2D eigenvalue weighted by Gasteiger charge is -2.28. The van der Waals surface area contributed by atoms with Gasteiger partial charge in [-0.2, -0.15) is 0 Å². The first-order chi connectivity index (χ1) is 9.81. The third-order valence-electron chi connectivity index (χ3n) is 3.27. The Balaban J connectivity index is 2.45. The topological polar surface area (TPSA) is 49.3 Å². The summed E-state index contributed by atoms with van der Waals surface area (Å²) in [5.41, 5.74) is -0.342. The minimum absolute atomic E-state index is 0.247. The fraction of sp³-hybridized carbons (Fsp3) is 0.188. The Labute approximate surface area is 121 Å². The highest BCUT2D eigenvalue weighted by Crippen LogP contribution is 2.28. The molecule has 0 heterocycles. The highest BCUT2D eigenvalue weighted by molar-refractivity contribution is 5.84. The second-order valence-corrected chi connectivity index (χ2v) is 5.08. The molecule has 0 fully saturated rings. The number of hydrogen-bond donors (Lipinski definition) is 2. The Hall–Kier alpha value is -2.43. The van der Waals surface area contributed by atoms with Crippen LogP contribution in [0.3, 0.4) is 0 Å². The monoisotopic (exact) mass is 291 g/mol. The number of nitrogens with one attached hydrogen (secondary N) is 1. The summed E-state index contributed by atoms with van der Waals surface area (Å²) in [5.74, 6) is -2.18. The van der Waals surface area contributed by atoms with Crippen molar-refractivity contribution in [3.05, 3.63) is 65.2 Å². The molecule has 2 N–H and O–H groups in total.